The molecule has 3 N–H and O–H groups in total. The van der Waals surface area contributed by atoms with Crippen LogP contribution < -0.4 is 5.73 Å². The second kappa shape index (κ2) is 3.61. The molecule has 0 aliphatic carbocycles. The summed E-state index contributed by atoms with van der Waals surface area (Å²) in [5.41, 5.74) is 7.64. The molecule has 3 heteroatoms. The van der Waals surface area contributed by atoms with Gasteiger partial charge in [-0.15, -0.1) is 0 Å². The molecule has 1 rings (SSSR count). The van der Waals surface area contributed by atoms with Crippen molar-refractivity contribution in [2.45, 2.75) is 6.61 Å². The zero-order valence-corrected chi connectivity index (χ0v) is 7.30. The van der Waals surface area contributed by atoms with E-state index >= 15 is 0 Å². The first kappa shape index (κ1) is 9.10. The van der Waals surface area contributed by atoms with Crippen molar-refractivity contribution in [1.82, 2.24) is 0 Å². The fourth-order valence-corrected chi connectivity index (χ4v) is 1.18. The highest BCUT2D eigenvalue weighted by Crippen LogP contribution is 2.23. The number of nitrogen functional groups attached to an aromatic ring is 1. The summed E-state index contributed by atoms with van der Waals surface area (Å²) in [5, 5.41) is 9.36. The largest absolute Gasteiger partial charge is 0.398 e. The number of hydrogen-bond acceptors (Lipinski definition) is 2. The molecule has 12 heavy (non-hydrogen) atoms. The van der Waals surface area contributed by atoms with Gasteiger partial charge >= 0.3 is 0 Å². The van der Waals surface area contributed by atoms with Gasteiger partial charge in [-0.05, 0) is 23.3 Å². The zero-order chi connectivity index (χ0) is 9.14. The fraction of sp³-hybridized carbons (Fsp3) is 0.111. The van der Waals surface area contributed by atoms with E-state index in [0.29, 0.717) is 16.3 Å². The SMILES string of the molecule is C=Cc1cc(Cl)c(CO)cc1N. The van der Waals surface area contributed by atoms with Crippen molar-refractivity contribution in [3.8, 4) is 0 Å². The van der Waals surface area contributed by atoms with Crippen LogP contribution in [0.4, 0.5) is 5.69 Å². The van der Waals surface area contributed by atoms with Crippen LogP contribution in [-0.4, -0.2) is 5.11 Å². The highest BCUT2D eigenvalue weighted by atomic mass is 35.5. The lowest BCUT2D eigenvalue weighted by Crippen LogP contribution is -1.93. The molecule has 2 nitrogen and oxygen atoms in total. The van der Waals surface area contributed by atoms with Gasteiger partial charge in [0.2, 0.25) is 0 Å². The number of hydrogen-bond donors (Lipinski definition) is 2. The minimum Gasteiger partial charge on any atom is -0.398 e. The number of aliphatic hydroxyl groups is 1. The minimum absolute atomic E-state index is 0.0968. The van der Waals surface area contributed by atoms with Crippen molar-refractivity contribution in [2.24, 2.45) is 0 Å². The maximum atomic E-state index is 8.84. The summed E-state index contributed by atoms with van der Waals surface area (Å²) >= 11 is 5.82. The smallest absolute Gasteiger partial charge is 0.0697 e. The van der Waals surface area contributed by atoms with Crippen LogP contribution in [0.2, 0.25) is 5.02 Å². The van der Waals surface area contributed by atoms with Gasteiger partial charge in [-0.25, -0.2) is 0 Å². The Hall–Kier alpha value is -0.990. The Kier molecular flexibility index (Phi) is 2.74. The van der Waals surface area contributed by atoms with E-state index in [-0.39, 0.29) is 6.61 Å². The quantitative estimate of drug-likeness (QED) is 0.690. The minimum atomic E-state index is -0.0968. The first-order chi connectivity index (χ1) is 5.69. The van der Waals surface area contributed by atoms with Crippen LogP contribution in [0.1, 0.15) is 11.1 Å². The number of benzene rings is 1. The molecule has 0 spiro atoms. The predicted molar refractivity (Wildman–Crippen MR) is 51.9 cm³/mol. The molecule has 0 amide bonds. The Morgan fingerprint density at radius 3 is 2.75 bits per heavy atom. The van der Waals surface area contributed by atoms with E-state index in [0.717, 1.165) is 5.56 Å². The highest BCUT2D eigenvalue weighted by molar-refractivity contribution is 6.31. The van der Waals surface area contributed by atoms with Crippen LogP contribution >= 0.6 is 11.6 Å². The summed E-state index contributed by atoms with van der Waals surface area (Å²) in [6, 6.07) is 3.34. The normalized spacial score (nSPS) is 9.83. The van der Waals surface area contributed by atoms with Crippen molar-refractivity contribution in [3.05, 3.63) is 34.9 Å². The number of nitrogens with two attached hydrogens (primary N) is 1. The van der Waals surface area contributed by atoms with Crippen LogP contribution in [-0.2, 0) is 6.61 Å². The maximum absolute atomic E-state index is 8.84. The average molecular weight is 184 g/mol. The summed E-state index contributed by atoms with van der Waals surface area (Å²) in [4.78, 5) is 0. The van der Waals surface area contributed by atoms with Crippen molar-refractivity contribution in [1.29, 1.82) is 0 Å². The Morgan fingerprint density at radius 1 is 1.58 bits per heavy atom. The molecule has 0 heterocycles. The fourth-order valence-electron chi connectivity index (χ4n) is 0.950. The molecule has 0 aliphatic heterocycles. The molecule has 1 aromatic rings. The molecule has 0 aliphatic rings. The monoisotopic (exact) mass is 183 g/mol. The van der Waals surface area contributed by atoms with Gasteiger partial charge in [-0.2, -0.15) is 0 Å². The Morgan fingerprint density at radius 2 is 2.25 bits per heavy atom. The molecule has 0 atom stereocenters. The van der Waals surface area contributed by atoms with E-state index < -0.39 is 0 Å². The van der Waals surface area contributed by atoms with E-state index in [1.165, 1.54) is 0 Å². The summed E-state index contributed by atoms with van der Waals surface area (Å²) in [6.07, 6.45) is 1.63. The third-order valence-electron chi connectivity index (χ3n) is 1.64. The molecule has 0 bridgehead atoms. The lowest BCUT2D eigenvalue weighted by molar-refractivity contribution is 0.282. The first-order valence-electron chi connectivity index (χ1n) is 3.50. The van der Waals surface area contributed by atoms with Crippen molar-refractivity contribution >= 4 is 23.4 Å². The van der Waals surface area contributed by atoms with Gasteiger partial charge in [0.1, 0.15) is 0 Å². The predicted octanol–water partition coefficient (Wildman–Crippen LogP) is 2.06. The maximum Gasteiger partial charge on any atom is 0.0697 e. The van der Waals surface area contributed by atoms with E-state index in [2.05, 4.69) is 6.58 Å². The van der Waals surface area contributed by atoms with E-state index in [1.54, 1.807) is 18.2 Å². The van der Waals surface area contributed by atoms with Gasteiger partial charge in [0.15, 0.2) is 0 Å². The number of anilines is 1. The van der Waals surface area contributed by atoms with Crippen LogP contribution in [0.5, 0.6) is 0 Å². The highest BCUT2D eigenvalue weighted by Gasteiger charge is 2.02. The molecule has 0 aromatic heterocycles. The summed E-state index contributed by atoms with van der Waals surface area (Å²) in [7, 11) is 0. The molecular weight excluding hydrogens is 174 g/mol. The van der Waals surface area contributed by atoms with E-state index in [1.807, 2.05) is 0 Å². The lowest BCUT2D eigenvalue weighted by atomic mass is 10.1. The molecule has 0 unspecified atom stereocenters. The van der Waals surface area contributed by atoms with Crippen LogP contribution in [0.3, 0.4) is 0 Å². The molecule has 0 saturated carbocycles. The van der Waals surface area contributed by atoms with Crippen molar-refractivity contribution < 1.29 is 5.11 Å². The standard InChI is InChI=1S/C9H10ClNO/c1-2-6-3-8(10)7(5-12)4-9(6)11/h2-4,12H,1,5,11H2. The molecule has 0 fully saturated rings. The molecular formula is C9H10ClNO. The second-order valence-corrected chi connectivity index (χ2v) is 2.84. The van der Waals surface area contributed by atoms with Gasteiger partial charge in [-0.1, -0.05) is 24.3 Å². The third-order valence-corrected chi connectivity index (χ3v) is 1.99. The van der Waals surface area contributed by atoms with E-state index in [4.69, 9.17) is 22.4 Å². The first-order valence-corrected chi connectivity index (χ1v) is 3.88. The van der Waals surface area contributed by atoms with Crippen LogP contribution in [0.15, 0.2) is 18.7 Å². The van der Waals surface area contributed by atoms with Crippen molar-refractivity contribution in [3.63, 3.8) is 0 Å². The number of aliphatic hydroxyl groups excluding tert-OH is 1. The van der Waals surface area contributed by atoms with Crippen molar-refractivity contribution in [2.75, 3.05) is 5.73 Å². The average Bonchev–Trinajstić information content (AvgIpc) is 2.08. The Bertz CT molecular complexity index is 310. The number of rotatable bonds is 2. The van der Waals surface area contributed by atoms with Gasteiger partial charge in [0.25, 0.3) is 0 Å². The molecule has 1 aromatic carbocycles. The summed E-state index contributed by atoms with van der Waals surface area (Å²) < 4.78 is 0. The van der Waals surface area contributed by atoms with Gasteiger partial charge in [-0.3, -0.25) is 0 Å². The molecule has 64 valence electrons. The van der Waals surface area contributed by atoms with Crippen LogP contribution in [0.25, 0.3) is 6.08 Å². The van der Waals surface area contributed by atoms with Crippen LogP contribution in [0, 0.1) is 0 Å². The van der Waals surface area contributed by atoms with Gasteiger partial charge in [0, 0.05) is 10.7 Å². The molecule has 0 radical (unpaired) electrons. The molecule has 0 saturated heterocycles. The lowest BCUT2D eigenvalue weighted by Gasteiger charge is -2.05. The van der Waals surface area contributed by atoms with E-state index in [9.17, 15) is 0 Å². The topological polar surface area (TPSA) is 46.2 Å². The van der Waals surface area contributed by atoms with Gasteiger partial charge in [0.05, 0.1) is 6.61 Å². The zero-order valence-electron chi connectivity index (χ0n) is 6.55. The Balaban J connectivity index is 3.25. The summed E-state index contributed by atoms with van der Waals surface area (Å²) in [5.74, 6) is 0. The third kappa shape index (κ3) is 1.60. The summed E-state index contributed by atoms with van der Waals surface area (Å²) in [6.45, 7) is 3.49. The second-order valence-electron chi connectivity index (χ2n) is 2.43. The van der Waals surface area contributed by atoms with Gasteiger partial charge < -0.3 is 10.8 Å². The Labute approximate surface area is 76.3 Å². The number of halogens is 1.